The molecule has 0 aliphatic rings. The van der Waals surface area contributed by atoms with Gasteiger partial charge in [0, 0.05) is 19.6 Å². The first-order valence-electron chi connectivity index (χ1n) is 5.37. The van der Waals surface area contributed by atoms with Gasteiger partial charge in [-0.25, -0.2) is 0 Å². The van der Waals surface area contributed by atoms with Gasteiger partial charge in [0.1, 0.15) is 0 Å². The average Bonchev–Trinajstić information content (AvgIpc) is 2.18. The molecule has 5 heteroatoms. The van der Waals surface area contributed by atoms with Crippen molar-refractivity contribution >= 4 is 11.9 Å². The van der Waals surface area contributed by atoms with Crippen LogP contribution in [0, 0.1) is 0 Å². The fraction of sp³-hybridized carbons (Fsp3) is 0.636. The normalized spacial score (nSPS) is 10.2. The minimum Gasteiger partial charge on any atom is -0.480 e. The van der Waals surface area contributed by atoms with E-state index >= 15 is 0 Å². The molecule has 92 valence electrons. The summed E-state index contributed by atoms with van der Waals surface area (Å²) in [5.41, 5.74) is 0. The third kappa shape index (κ3) is 5.50. The average molecular weight is 228 g/mol. The topological polar surface area (TPSA) is 60.9 Å². The molecule has 0 aromatic rings. The zero-order chi connectivity index (χ0) is 12.6. The minimum absolute atomic E-state index is 0.0481. The van der Waals surface area contributed by atoms with E-state index in [-0.39, 0.29) is 19.0 Å². The number of nitrogens with zero attached hydrogens (tertiary/aromatic N) is 2. The Morgan fingerprint density at radius 2 is 1.81 bits per heavy atom. The van der Waals surface area contributed by atoms with Gasteiger partial charge in [0.25, 0.3) is 0 Å². The van der Waals surface area contributed by atoms with E-state index < -0.39 is 5.97 Å². The van der Waals surface area contributed by atoms with E-state index in [9.17, 15) is 9.59 Å². The van der Waals surface area contributed by atoms with Crippen LogP contribution in [0.5, 0.6) is 0 Å². The van der Waals surface area contributed by atoms with E-state index in [1.54, 1.807) is 15.9 Å². The van der Waals surface area contributed by atoms with Crippen LogP contribution in [0.15, 0.2) is 12.7 Å². The highest BCUT2D eigenvalue weighted by molar-refractivity contribution is 5.79. The van der Waals surface area contributed by atoms with Crippen LogP contribution in [-0.4, -0.2) is 59.5 Å². The van der Waals surface area contributed by atoms with Crippen LogP contribution in [0.2, 0.25) is 0 Å². The molecule has 1 amide bonds. The van der Waals surface area contributed by atoms with E-state index in [0.717, 1.165) is 0 Å². The number of hydrogen-bond donors (Lipinski definition) is 1. The Hall–Kier alpha value is -1.36. The molecule has 0 rings (SSSR count). The van der Waals surface area contributed by atoms with Crippen LogP contribution in [0.1, 0.15) is 13.8 Å². The Morgan fingerprint density at radius 3 is 2.19 bits per heavy atom. The summed E-state index contributed by atoms with van der Waals surface area (Å²) in [5, 5.41) is 8.68. The maximum atomic E-state index is 11.7. The number of carboxylic acids is 1. The number of hydrogen-bond acceptors (Lipinski definition) is 3. The molecule has 0 heterocycles. The molecule has 1 N–H and O–H groups in total. The Morgan fingerprint density at radius 1 is 1.25 bits per heavy atom. The van der Waals surface area contributed by atoms with Gasteiger partial charge < -0.3 is 10.0 Å². The number of carbonyl (C=O) groups excluding carboxylic acids is 1. The zero-order valence-corrected chi connectivity index (χ0v) is 9.98. The van der Waals surface area contributed by atoms with Crippen molar-refractivity contribution < 1.29 is 14.7 Å². The first-order valence-corrected chi connectivity index (χ1v) is 5.37. The van der Waals surface area contributed by atoms with E-state index in [1.807, 2.05) is 13.8 Å². The molecule has 0 radical (unpaired) electrons. The summed E-state index contributed by atoms with van der Waals surface area (Å²) in [6, 6.07) is 0. The van der Waals surface area contributed by atoms with Gasteiger partial charge in [-0.3, -0.25) is 14.5 Å². The van der Waals surface area contributed by atoms with Crippen molar-refractivity contribution in [2.75, 3.05) is 32.7 Å². The van der Waals surface area contributed by atoms with E-state index in [1.165, 1.54) is 0 Å². The van der Waals surface area contributed by atoms with E-state index in [4.69, 9.17) is 5.11 Å². The highest BCUT2D eigenvalue weighted by Gasteiger charge is 2.16. The van der Waals surface area contributed by atoms with Crippen LogP contribution in [0.3, 0.4) is 0 Å². The lowest BCUT2D eigenvalue weighted by atomic mass is 10.4. The lowest BCUT2D eigenvalue weighted by Gasteiger charge is -2.23. The summed E-state index contributed by atoms with van der Waals surface area (Å²) >= 11 is 0. The maximum Gasteiger partial charge on any atom is 0.317 e. The lowest BCUT2D eigenvalue weighted by Crippen LogP contribution is -2.42. The van der Waals surface area contributed by atoms with Gasteiger partial charge in [-0.1, -0.05) is 6.08 Å². The van der Waals surface area contributed by atoms with Gasteiger partial charge in [0.2, 0.25) is 5.91 Å². The van der Waals surface area contributed by atoms with Gasteiger partial charge in [-0.15, -0.1) is 6.58 Å². The smallest absolute Gasteiger partial charge is 0.317 e. The molecule has 0 aliphatic heterocycles. The van der Waals surface area contributed by atoms with E-state index in [2.05, 4.69) is 6.58 Å². The predicted octanol–water partition coefficient (Wildman–Crippen LogP) is 0.427. The van der Waals surface area contributed by atoms with Crippen molar-refractivity contribution in [3.63, 3.8) is 0 Å². The summed E-state index contributed by atoms with van der Waals surface area (Å²) in [6.45, 7) is 9.01. The first kappa shape index (κ1) is 14.6. The number of rotatable bonds is 8. The van der Waals surface area contributed by atoms with Crippen LogP contribution in [-0.2, 0) is 9.59 Å². The predicted molar refractivity (Wildman–Crippen MR) is 62.2 cm³/mol. The maximum absolute atomic E-state index is 11.7. The van der Waals surface area contributed by atoms with Crippen molar-refractivity contribution in [1.29, 1.82) is 0 Å². The van der Waals surface area contributed by atoms with Crippen molar-refractivity contribution in [2.45, 2.75) is 13.8 Å². The number of aliphatic carboxylic acids is 1. The number of carbonyl (C=O) groups is 2. The second-order valence-corrected chi connectivity index (χ2v) is 3.42. The molecule has 0 aliphatic carbocycles. The van der Waals surface area contributed by atoms with Crippen molar-refractivity contribution in [3.05, 3.63) is 12.7 Å². The monoisotopic (exact) mass is 228 g/mol. The quantitative estimate of drug-likeness (QED) is 0.612. The molecule has 0 fully saturated rings. The molecular weight excluding hydrogens is 208 g/mol. The Balaban J connectivity index is 4.31. The fourth-order valence-corrected chi connectivity index (χ4v) is 1.43. The molecule has 0 atom stereocenters. The zero-order valence-electron chi connectivity index (χ0n) is 9.98. The van der Waals surface area contributed by atoms with Gasteiger partial charge in [-0.2, -0.15) is 0 Å². The van der Waals surface area contributed by atoms with Crippen LogP contribution in [0.4, 0.5) is 0 Å². The molecule has 5 nitrogen and oxygen atoms in total. The molecule has 0 aromatic heterocycles. The van der Waals surface area contributed by atoms with Gasteiger partial charge in [0.15, 0.2) is 0 Å². The molecule has 0 saturated carbocycles. The molecular formula is C11H20N2O3. The molecule has 0 bridgehead atoms. The number of carboxylic acid groups (broad SMARTS) is 1. The van der Waals surface area contributed by atoms with Crippen molar-refractivity contribution in [2.24, 2.45) is 0 Å². The molecule has 0 unspecified atom stereocenters. The number of likely N-dealkylation sites (N-methyl/N-ethyl adjacent to an activating group) is 1. The molecule has 0 spiro atoms. The first-order chi connectivity index (χ1) is 7.54. The van der Waals surface area contributed by atoms with Gasteiger partial charge >= 0.3 is 5.97 Å². The third-order valence-electron chi connectivity index (χ3n) is 2.22. The highest BCUT2D eigenvalue weighted by Crippen LogP contribution is 1.95. The Labute approximate surface area is 96.3 Å². The SMILES string of the molecule is C=CCN(CC(=O)O)CC(=O)N(CC)CC. The second-order valence-electron chi connectivity index (χ2n) is 3.42. The summed E-state index contributed by atoms with van der Waals surface area (Å²) < 4.78 is 0. The van der Waals surface area contributed by atoms with Gasteiger partial charge in [0.05, 0.1) is 13.1 Å². The fourth-order valence-electron chi connectivity index (χ4n) is 1.43. The minimum atomic E-state index is -0.936. The third-order valence-corrected chi connectivity index (χ3v) is 2.22. The van der Waals surface area contributed by atoms with Crippen LogP contribution >= 0.6 is 0 Å². The van der Waals surface area contributed by atoms with Gasteiger partial charge in [-0.05, 0) is 13.8 Å². The Kier molecular flexibility index (Phi) is 7.20. The molecule has 0 saturated heterocycles. The summed E-state index contributed by atoms with van der Waals surface area (Å²) in [5.74, 6) is -0.984. The molecule has 16 heavy (non-hydrogen) atoms. The summed E-state index contributed by atoms with van der Waals surface area (Å²) in [6.07, 6.45) is 1.60. The lowest BCUT2D eigenvalue weighted by molar-refractivity contribution is -0.139. The van der Waals surface area contributed by atoms with Crippen molar-refractivity contribution in [1.82, 2.24) is 9.80 Å². The second kappa shape index (κ2) is 7.87. The highest BCUT2D eigenvalue weighted by atomic mass is 16.4. The van der Waals surface area contributed by atoms with Crippen LogP contribution < -0.4 is 0 Å². The van der Waals surface area contributed by atoms with Crippen molar-refractivity contribution in [3.8, 4) is 0 Å². The molecule has 0 aromatic carbocycles. The summed E-state index contributed by atoms with van der Waals surface area (Å²) in [7, 11) is 0. The largest absolute Gasteiger partial charge is 0.480 e. The van der Waals surface area contributed by atoms with E-state index in [0.29, 0.717) is 19.6 Å². The Bertz CT molecular complexity index is 250. The standard InChI is InChI=1S/C11H20N2O3/c1-4-7-12(9-11(15)16)8-10(14)13(5-2)6-3/h4H,1,5-9H2,2-3H3,(H,15,16). The van der Waals surface area contributed by atoms with Crippen LogP contribution in [0.25, 0.3) is 0 Å². The summed E-state index contributed by atoms with van der Waals surface area (Å²) in [4.78, 5) is 25.5. The number of amides is 1.